The third-order valence-electron chi connectivity index (χ3n) is 2.07. The Morgan fingerprint density at radius 1 is 1.00 bits per heavy atom. The second-order valence-corrected chi connectivity index (χ2v) is 4.11. The van der Waals surface area contributed by atoms with Crippen LogP contribution < -0.4 is 0 Å². The zero-order valence-electron chi connectivity index (χ0n) is 13.6. The summed E-state index contributed by atoms with van der Waals surface area (Å²) in [6.07, 6.45) is 0.902. The number of carbonyl (C=O) groups is 2. The molecule has 0 unspecified atom stereocenters. The van der Waals surface area contributed by atoms with E-state index in [1.54, 1.807) is 0 Å². The van der Waals surface area contributed by atoms with Crippen LogP contribution in [0.3, 0.4) is 0 Å². The first kappa shape index (κ1) is 25.2. The van der Waals surface area contributed by atoms with E-state index in [1.807, 2.05) is 38.1 Å². The Hall–Kier alpha value is -0.736. The molecule has 0 spiro atoms. The number of hydrogen-bond donors (Lipinski definition) is 0. The second kappa shape index (κ2) is 15.6. The van der Waals surface area contributed by atoms with Crippen LogP contribution >= 0.6 is 0 Å². The van der Waals surface area contributed by atoms with Crippen molar-refractivity contribution >= 4 is 11.9 Å². The molecule has 1 rings (SSSR count). The summed E-state index contributed by atoms with van der Waals surface area (Å²) in [5, 5.41) is 0. The van der Waals surface area contributed by atoms with Gasteiger partial charge in [-0.05, 0) is 18.9 Å². The Bertz CT molecular complexity index is 388. The van der Waals surface area contributed by atoms with Crippen LogP contribution in [0.2, 0.25) is 0 Å². The minimum Gasteiger partial charge on any atom is -0.466 e. The molecule has 5 heteroatoms. The van der Waals surface area contributed by atoms with Gasteiger partial charge in [-0.1, -0.05) is 36.8 Å². The average molecular weight is 370 g/mol. The summed E-state index contributed by atoms with van der Waals surface area (Å²) in [4.78, 5) is 20.4. The minimum absolute atomic E-state index is 0. The first-order valence-corrected chi connectivity index (χ1v) is 6.28. The molecule has 0 atom stereocenters. The summed E-state index contributed by atoms with van der Waals surface area (Å²) in [6.45, 7) is 7.73. The third kappa shape index (κ3) is 17.2. The van der Waals surface area contributed by atoms with E-state index >= 15 is 0 Å². The third-order valence-corrected chi connectivity index (χ3v) is 2.07. The molecular formula is C16H25O4Y-. The van der Waals surface area contributed by atoms with Gasteiger partial charge >= 0.3 is 11.9 Å². The van der Waals surface area contributed by atoms with Gasteiger partial charge in [-0.2, -0.15) is 0 Å². The number of benzene rings is 1. The summed E-state index contributed by atoms with van der Waals surface area (Å²) >= 11 is 0. The zero-order valence-corrected chi connectivity index (χ0v) is 16.5. The number of esters is 2. The Morgan fingerprint density at radius 3 is 1.81 bits per heavy atom. The van der Waals surface area contributed by atoms with Crippen molar-refractivity contribution in [2.75, 3.05) is 6.61 Å². The molecule has 21 heavy (non-hydrogen) atoms. The Balaban J connectivity index is -0.000000317. The first-order chi connectivity index (χ1) is 8.95. The predicted molar refractivity (Wildman–Crippen MR) is 80.0 cm³/mol. The van der Waals surface area contributed by atoms with E-state index < -0.39 is 0 Å². The van der Waals surface area contributed by atoms with Gasteiger partial charge in [-0.3, -0.25) is 9.59 Å². The van der Waals surface area contributed by atoms with Crippen molar-refractivity contribution in [3.63, 3.8) is 0 Å². The summed E-state index contributed by atoms with van der Waals surface area (Å²) in [5.74, 6) is -0.433. The topological polar surface area (TPSA) is 52.6 Å². The van der Waals surface area contributed by atoms with Gasteiger partial charge in [0.25, 0.3) is 0 Å². The first-order valence-electron chi connectivity index (χ1n) is 6.28. The van der Waals surface area contributed by atoms with Crippen molar-refractivity contribution in [1.82, 2.24) is 0 Å². The van der Waals surface area contributed by atoms with Crippen LogP contribution in [0.4, 0.5) is 0 Å². The molecule has 0 heterocycles. The fourth-order valence-corrected chi connectivity index (χ4v) is 1.12. The molecule has 0 aliphatic rings. The molecule has 0 bridgehead atoms. The van der Waals surface area contributed by atoms with Gasteiger partial charge in [0.1, 0.15) is 6.61 Å². The van der Waals surface area contributed by atoms with Gasteiger partial charge < -0.3 is 16.9 Å². The normalized spacial score (nSPS) is 8.19. The van der Waals surface area contributed by atoms with Gasteiger partial charge in [-0.15, -0.1) is 0 Å². The van der Waals surface area contributed by atoms with Gasteiger partial charge in [-0.25, -0.2) is 0 Å². The molecule has 1 radical (unpaired) electrons. The number of hydrogen-bond acceptors (Lipinski definition) is 4. The molecule has 1 aromatic carbocycles. The van der Waals surface area contributed by atoms with Crippen LogP contribution in [0.15, 0.2) is 24.3 Å². The maximum atomic E-state index is 10.5. The Kier molecular flexibility index (Phi) is 18.8. The Labute approximate surface area is 153 Å². The van der Waals surface area contributed by atoms with Crippen molar-refractivity contribution in [3.8, 4) is 0 Å². The monoisotopic (exact) mass is 370 g/mol. The maximum absolute atomic E-state index is 10.5. The fourth-order valence-electron chi connectivity index (χ4n) is 1.12. The number of rotatable bonds is 4. The van der Waals surface area contributed by atoms with Crippen LogP contribution in [0.25, 0.3) is 0 Å². The van der Waals surface area contributed by atoms with Crippen molar-refractivity contribution in [1.29, 1.82) is 0 Å². The van der Waals surface area contributed by atoms with Crippen molar-refractivity contribution in [3.05, 3.63) is 42.8 Å². The van der Waals surface area contributed by atoms with E-state index in [0.717, 1.165) is 12.0 Å². The quantitative estimate of drug-likeness (QED) is 0.602. The van der Waals surface area contributed by atoms with Gasteiger partial charge in [0.05, 0.1) is 6.61 Å². The molecular weight excluding hydrogens is 345 g/mol. The number of aryl methyl sites for hydroxylation is 1. The smallest absolute Gasteiger partial charge is 0.302 e. The fraction of sp³-hybridized carbons (Fsp3) is 0.438. The second-order valence-electron chi connectivity index (χ2n) is 4.11. The van der Waals surface area contributed by atoms with E-state index in [9.17, 15) is 9.59 Å². The summed E-state index contributed by atoms with van der Waals surface area (Å²) in [7, 11) is 0. The molecule has 0 amide bonds. The van der Waals surface area contributed by atoms with Crippen molar-refractivity contribution in [2.45, 2.75) is 40.7 Å². The molecule has 0 fully saturated rings. The van der Waals surface area contributed by atoms with Crippen LogP contribution in [0, 0.1) is 14.4 Å². The molecule has 117 valence electrons. The predicted octanol–water partition coefficient (Wildman–Crippen LogP) is 3.47. The average Bonchev–Trinajstić information content (AvgIpc) is 2.36. The zero-order chi connectivity index (χ0) is 14.7. The van der Waals surface area contributed by atoms with Crippen LogP contribution in [0.1, 0.15) is 38.3 Å². The molecule has 0 saturated carbocycles. The van der Waals surface area contributed by atoms with Gasteiger partial charge in [0.15, 0.2) is 0 Å². The van der Waals surface area contributed by atoms with Gasteiger partial charge in [0.2, 0.25) is 0 Å². The molecule has 0 saturated heterocycles. The molecule has 1 aromatic rings. The van der Waals surface area contributed by atoms with E-state index in [1.165, 1.54) is 19.4 Å². The standard InChI is InChI=1S/C10H12O2.C5H10O2.CH3.Y/c1-8-3-5-10(6-4-8)7-12-9(2)11;1-3-4-7-5(2)6;;/h3-6H,7H2,1-2H3;3-4H2,1-2H3;1H3;/q;;-1;. The molecule has 0 aliphatic carbocycles. The number of ether oxygens (including phenoxy) is 2. The Morgan fingerprint density at radius 2 is 1.48 bits per heavy atom. The van der Waals surface area contributed by atoms with Crippen LogP contribution in [0.5, 0.6) is 0 Å². The van der Waals surface area contributed by atoms with Crippen LogP contribution in [-0.4, -0.2) is 18.5 Å². The minimum atomic E-state index is -0.240. The summed E-state index contributed by atoms with van der Waals surface area (Å²) in [5.41, 5.74) is 2.23. The molecule has 0 aliphatic heterocycles. The van der Waals surface area contributed by atoms with E-state index in [2.05, 4.69) is 4.74 Å². The molecule has 0 aromatic heterocycles. The molecule has 0 N–H and O–H groups in total. The van der Waals surface area contributed by atoms with Gasteiger partial charge in [0, 0.05) is 46.6 Å². The SMILES string of the molecule is CC(=O)OCc1ccc(C)cc1.CCCOC(C)=O.[CH3-].[Y]. The summed E-state index contributed by atoms with van der Waals surface area (Å²) in [6, 6.07) is 7.91. The molecule has 4 nitrogen and oxygen atoms in total. The number of carbonyl (C=O) groups excluding carboxylic acids is 2. The van der Waals surface area contributed by atoms with E-state index in [0.29, 0.717) is 13.2 Å². The largest absolute Gasteiger partial charge is 0.466 e. The van der Waals surface area contributed by atoms with Crippen molar-refractivity contribution in [2.24, 2.45) is 0 Å². The summed E-state index contributed by atoms with van der Waals surface area (Å²) < 4.78 is 9.38. The maximum Gasteiger partial charge on any atom is 0.302 e. The van der Waals surface area contributed by atoms with E-state index in [4.69, 9.17) is 4.74 Å². The van der Waals surface area contributed by atoms with Crippen LogP contribution in [-0.2, 0) is 58.4 Å². The van der Waals surface area contributed by atoms with E-state index in [-0.39, 0.29) is 52.1 Å². The van der Waals surface area contributed by atoms with Crippen molar-refractivity contribution < 1.29 is 51.8 Å².